The zero-order valence-corrected chi connectivity index (χ0v) is 13.9. The van der Waals surface area contributed by atoms with Crippen LogP contribution in [0.2, 0.25) is 0 Å². The molecule has 1 aliphatic heterocycles. The number of carbonyl (C=O) groups is 1. The maximum absolute atomic E-state index is 12.1. The molecule has 116 valence electrons. The van der Waals surface area contributed by atoms with Crippen molar-refractivity contribution in [2.45, 2.75) is 50.0 Å². The number of likely N-dealkylation sites (tertiary alicyclic amines) is 1. The minimum absolute atomic E-state index is 0.160. The van der Waals surface area contributed by atoms with E-state index in [2.05, 4.69) is 45.0 Å². The number of carbonyl (C=O) groups excluding carboxylic acids is 1. The number of amides is 1. The third-order valence-electron chi connectivity index (χ3n) is 3.90. The summed E-state index contributed by atoms with van der Waals surface area (Å²) in [6.45, 7) is 7.96. The van der Waals surface area contributed by atoms with Crippen LogP contribution in [0.4, 0.5) is 0 Å². The second-order valence-corrected chi connectivity index (χ2v) is 7.72. The van der Waals surface area contributed by atoms with E-state index in [4.69, 9.17) is 0 Å². The van der Waals surface area contributed by atoms with E-state index in [1.807, 2.05) is 4.90 Å². The fourth-order valence-corrected chi connectivity index (χ4v) is 3.20. The zero-order chi connectivity index (χ0) is 15.5. The Kier molecular flexibility index (Phi) is 5.33. The first-order valence-electron chi connectivity index (χ1n) is 7.55. The quantitative estimate of drug-likeness (QED) is 0.873. The highest BCUT2D eigenvalue weighted by Crippen LogP contribution is 2.26. The van der Waals surface area contributed by atoms with Crippen LogP contribution in [0.3, 0.4) is 0 Å². The number of hydrogen-bond donors (Lipinski definition) is 1. The molecule has 1 fully saturated rings. The third-order valence-corrected chi connectivity index (χ3v) is 4.90. The van der Waals surface area contributed by atoms with Crippen molar-refractivity contribution < 1.29 is 9.90 Å². The fraction of sp³-hybridized carbons (Fsp3) is 0.588. The number of nitrogens with zero attached hydrogens (tertiary/aromatic N) is 1. The third kappa shape index (κ3) is 4.75. The lowest BCUT2D eigenvalue weighted by atomic mass is 9.87. The molecule has 1 aromatic rings. The van der Waals surface area contributed by atoms with Crippen LogP contribution in [0.25, 0.3) is 0 Å². The zero-order valence-electron chi connectivity index (χ0n) is 13.1. The van der Waals surface area contributed by atoms with Crippen molar-refractivity contribution in [2.24, 2.45) is 0 Å². The van der Waals surface area contributed by atoms with Gasteiger partial charge in [-0.15, -0.1) is 11.8 Å². The smallest absolute Gasteiger partial charge is 0.232 e. The summed E-state index contributed by atoms with van der Waals surface area (Å²) in [6, 6.07) is 8.48. The number of hydrogen-bond acceptors (Lipinski definition) is 3. The molecule has 0 aliphatic carbocycles. The Labute approximate surface area is 131 Å². The maximum atomic E-state index is 12.1. The topological polar surface area (TPSA) is 40.5 Å². The first kappa shape index (κ1) is 16.4. The first-order valence-corrected chi connectivity index (χ1v) is 8.54. The number of thioether (sulfide) groups is 1. The number of aliphatic hydroxyl groups is 1. The summed E-state index contributed by atoms with van der Waals surface area (Å²) < 4.78 is 0. The van der Waals surface area contributed by atoms with Gasteiger partial charge in [0.05, 0.1) is 11.9 Å². The monoisotopic (exact) mass is 307 g/mol. The van der Waals surface area contributed by atoms with Gasteiger partial charge in [0.1, 0.15) is 0 Å². The molecule has 1 aliphatic rings. The van der Waals surface area contributed by atoms with Crippen molar-refractivity contribution in [1.29, 1.82) is 0 Å². The van der Waals surface area contributed by atoms with Crippen molar-refractivity contribution in [3.8, 4) is 0 Å². The maximum Gasteiger partial charge on any atom is 0.232 e. The van der Waals surface area contributed by atoms with E-state index in [1.54, 1.807) is 11.8 Å². The molecule has 0 radical (unpaired) electrons. The Balaban J connectivity index is 1.84. The summed E-state index contributed by atoms with van der Waals surface area (Å²) in [4.78, 5) is 15.1. The Bertz CT molecular complexity index is 471. The second kappa shape index (κ2) is 6.84. The lowest BCUT2D eigenvalue weighted by molar-refractivity contribution is -0.130. The summed E-state index contributed by atoms with van der Waals surface area (Å²) in [5.74, 6) is 0.650. The number of benzene rings is 1. The van der Waals surface area contributed by atoms with Crippen LogP contribution >= 0.6 is 11.8 Å². The van der Waals surface area contributed by atoms with Crippen molar-refractivity contribution in [2.75, 3.05) is 18.8 Å². The normalized spacial score (nSPS) is 17.0. The number of rotatable bonds is 3. The number of aliphatic hydroxyl groups excluding tert-OH is 1. The molecule has 3 nitrogen and oxygen atoms in total. The minimum Gasteiger partial charge on any atom is -0.393 e. The van der Waals surface area contributed by atoms with Crippen LogP contribution in [-0.4, -0.2) is 40.9 Å². The second-order valence-electron chi connectivity index (χ2n) is 6.68. The lowest BCUT2D eigenvalue weighted by Gasteiger charge is -2.29. The molecule has 0 saturated carbocycles. The van der Waals surface area contributed by atoms with Crippen molar-refractivity contribution in [3.63, 3.8) is 0 Å². The van der Waals surface area contributed by atoms with Crippen molar-refractivity contribution in [3.05, 3.63) is 29.8 Å². The molecule has 0 unspecified atom stereocenters. The summed E-state index contributed by atoms with van der Waals surface area (Å²) >= 11 is 1.59. The predicted molar refractivity (Wildman–Crippen MR) is 87.7 cm³/mol. The Morgan fingerprint density at radius 3 is 2.33 bits per heavy atom. The SMILES string of the molecule is CC(C)(C)c1ccc(SCC(=O)N2CCC(O)CC2)cc1. The summed E-state index contributed by atoms with van der Waals surface area (Å²) in [7, 11) is 0. The van der Waals surface area contributed by atoms with Gasteiger partial charge in [0.15, 0.2) is 0 Å². The summed E-state index contributed by atoms with van der Waals surface area (Å²) in [5.41, 5.74) is 1.47. The average molecular weight is 307 g/mol. The van der Waals surface area contributed by atoms with Gasteiger partial charge in [-0.1, -0.05) is 32.9 Å². The Hall–Kier alpha value is -1.00. The van der Waals surface area contributed by atoms with E-state index < -0.39 is 0 Å². The molecule has 2 rings (SSSR count). The largest absolute Gasteiger partial charge is 0.393 e. The van der Waals surface area contributed by atoms with Crippen LogP contribution in [0.15, 0.2) is 29.2 Å². The molecule has 0 bridgehead atoms. The van der Waals surface area contributed by atoms with Gasteiger partial charge < -0.3 is 10.0 Å². The molecule has 1 heterocycles. The predicted octanol–water partition coefficient (Wildman–Crippen LogP) is 3.06. The lowest BCUT2D eigenvalue weighted by Crippen LogP contribution is -2.40. The molecule has 21 heavy (non-hydrogen) atoms. The molecule has 0 aromatic heterocycles. The highest BCUT2D eigenvalue weighted by Gasteiger charge is 2.21. The van der Waals surface area contributed by atoms with Gasteiger partial charge in [-0.2, -0.15) is 0 Å². The van der Waals surface area contributed by atoms with Crippen molar-refractivity contribution >= 4 is 17.7 Å². The van der Waals surface area contributed by atoms with Gasteiger partial charge >= 0.3 is 0 Å². The van der Waals surface area contributed by atoms with Gasteiger partial charge in [-0.3, -0.25) is 4.79 Å². The van der Waals surface area contributed by atoms with Gasteiger partial charge in [-0.05, 0) is 36.0 Å². The number of piperidine rings is 1. The van der Waals surface area contributed by atoms with Gasteiger partial charge in [0.25, 0.3) is 0 Å². The van der Waals surface area contributed by atoms with Gasteiger partial charge in [0.2, 0.25) is 5.91 Å². The molecular formula is C17H25NO2S. The van der Waals surface area contributed by atoms with Crippen molar-refractivity contribution in [1.82, 2.24) is 4.90 Å². The molecule has 1 aromatic carbocycles. The van der Waals surface area contributed by atoms with Gasteiger partial charge in [0, 0.05) is 18.0 Å². The van der Waals surface area contributed by atoms with Crippen LogP contribution in [0.1, 0.15) is 39.2 Å². The highest BCUT2D eigenvalue weighted by molar-refractivity contribution is 8.00. The van der Waals surface area contributed by atoms with E-state index in [0.717, 1.165) is 4.90 Å². The van der Waals surface area contributed by atoms with E-state index in [9.17, 15) is 9.90 Å². The van der Waals surface area contributed by atoms with E-state index >= 15 is 0 Å². The first-order chi connectivity index (χ1) is 9.86. The van der Waals surface area contributed by atoms with Crippen LogP contribution in [0, 0.1) is 0 Å². The summed E-state index contributed by atoms with van der Waals surface area (Å²) in [6.07, 6.45) is 1.18. The molecule has 0 spiro atoms. The molecule has 1 N–H and O–H groups in total. The van der Waals surface area contributed by atoms with E-state index in [1.165, 1.54) is 5.56 Å². The average Bonchev–Trinajstić information content (AvgIpc) is 2.45. The molecule has 0 atom stereocenters. The Morgan fingerprint density at radius 2 is 1.81 bits per heavy atom. The standard InChI is InChI=1S/C17H25NO2S/c1-17(2,3)13-4-6-15(7-5-13)21-12-16(20)18-10-8-14(19)9-11-18/h4-7,14,19H,8-12H2,1-3H3. The Morgan fingerprint density at radius 1 is 1.24 bits per heavy atom. The molecular weight excluding hydrogens is 282 g/mol. The van der Waals surface area contributed by atoms with Gasteiger partial charge in [-0.25, -0.2) is 0 Å². The molecule has 4 heteroatoms. The molecule has 1 amide bonds. The minimum atomic E-state index is -0.230. The van der Waals surface area contributed by atoms with Crippen LogP contribution in [0.5, 0.6) is 0 Å². The highest BCUT2D eigenvalue weighted by atomic mass is 32.2. The van der Waals surface area contributed by atoms with Crippen LogP contribution in [-0.2, 0) is 10.2 Å². The fourth-order valence-electron chi connectivity index (χ4n) is 2.40. The van der Waals surface area contributed by atoms with E-state index in [0.29, 0.717) is 31.7 Å². The van der Waals surface area contributed by atoms with Crippen LogP contribution < -0.4 is 0 Å². The van der Waals surface area contributed by atoms with E-state index in [-0.39, 0.29) is 17.4 Å². The summed E-state index contributed by atoms with van der Waals surface area (Å²) in [5, 5.41) is 9.47. The molecule has 1 saturated heterocycles.